The van der Waals surface area contributed by atoms with Gasteiger partial charge in [-0.25, -0.2) is 0 Å². The van der Waals surface area contributed by atoms with E-state index in [0.717, 1.165) is 19.3 Å². The molecule has 0 amide bonds. The van der Waals surface area contributed by atoms with Crippen LogP contribution >= 0.6 is 0 Å². The number of ether oxygens (including phenoxy) is 2. The molecule has 0 radical (unpaired) electrons. The maximum absolute atomic E-state index is 11.1. The summed E-state index contributed by atoms with van der Waals surface area (Å²) >= 11 is 0. The van der Waals surface area contributed by atoms with Gasteiger partial charge >= 0.3 is 5.97 Å². The molecule has 0 rings (SSSR count). The number of carbonyl (C=O) groups is 1. The Balaban J connectivity index is 3.14. The van der Waals surface area contributed by atoms with Crippen LogP contribution in [0.25, 0.3) is 0 Å². The van der Waals surface area contributed by atoms with E-state index in [1.807, 2.05) is 0 Å². The van der Waals surface area contributed by atoms with Crippen molar-refractivity contribution in [2.24, 2.45) is 0 Å². The lowest BCUT2D eigenvalue weighted by molar-refractivity contribution is -0.145. The van der Waals surface area contributed by atoms with Crippen molar-refractivity contribution in [1.29, 1.82) is 0 Å². The van der Waals surface area contributed by atoms with Crippen LogP contribution in [0.15, 0.2) is 12.7 Å². The molecule has 0 N–H and O–H groups in total. The summed E-state index contributed by atoms with van der Waals surface area (Å²) < 4.78 is 10.0. The van der Waals surface area contributed by atoms with E-state index in [1.54, 1.807) is 6.08 Å². The van der Waals surface area contributed by atoms with Crippen LogP contribution in [0.2, 0.25) is 0 Å². The predicted molar refractivity (Wildman–Crippen MR) is 56.1 cm³/mol. The highest BCUT2D eigenvalue weighted by Gasteiger charge is 2.00. The molecule has 0 aliphatic rings. The number of unbranched alkanes of at least 4 members (excludes halogenated alkanes) is 2. The van der Waals surface area contributed by atoms with Gasteiger partial charge in [0.2, 0.25) is 0 Å². The molecule has 0 saturated heterocycles. The number of hydrogen-bond donors (Lipinski definition) is 0. The molecule has 82 valence electrons. The molecular weight excluding hydrogens is 180 g/mol. The van der Waals surface area contributed by atoms with Gasteiger partial charge in [0.25, 0.3) is 0 Å². The summed E-state index contributed by atoms with van der Waals surface area (Å²) in [5.41, 5.74) is 0. The highest BCUT2D eigenvalue weighted by Crippen LogP contribution is 2.00. The van der Waals surface area contributed by atoms with Crippen LogP contribution in [-0.2, 0) is 14.3 Å². The Bertz CT molecular complexity index is 155. The molecule has 0 aromatic heterocycles. The van der Waals surface area contributed by atoms with Crippen LogP contribution in [0, 0.1) is 0 Å². The minimum atomic E-state index is -0.124. The van der Waals surface area contributed by atoms with E-state index in [1.165, 1.54) is 0 Å². The van der Waals surface area contributed by atoms with Crippen molar-refractivity contribution in [2.75, 3.05) is 19.8 Å². The summed E-state index contributed by atoms with van der Waals surface area (Å²) in [4.78, 5) is 11.1. The first-order valence-electron chi connectivity index (χ1n) is 5.15. The Hall–Kier alpha value is -0.830. The van der Waals surface area contributed by atoms with E-state index in [4.69, 9.17) is 9.47 Å². The Kier molecular flexibility index (Phi) is 9.64. The largest absolute Gasteiger partial charge is 0.463 e. The number of hydrogen-bond acceptors (Lipinski definition) is 3. The van der Waals surface area contributed by atoms with Crippen molar-refractivity contribution < 1.29 is 14.3 Å². The van der Waals surface area contributed by atoms with Crippen molar-refractivity contribution in [3.63, 3.8) is 0 Å². The number of rotatable bonds is 9. The summed E-state index contributed by atoms with van der Waals surface area (Å²) in [5.74, 6) is -0.124. The van der Waals surface area contributed by atoms with E-state index in [2.05, 4.69) is 13.5 Å². The zero-order chi connectivity index (χ0) is 10.6. The third kappa shape index (κ3) is 9.26. The quantitative estimate of drug-likeness (QED) is 0.325. The monoisotopic (exact) mass is 200 g/mol. The Morgan fingerprint density at radius 2 is 2.14 bits per heavy atom. The minimum absolute atomic E-state index is 0.124. The fraction of sp³-hybridized carbons (Fsp3) is 0.727. The van der Waals surface area contributed by atoms with Gasteiger partial charge in [-0.05, 0) is 6.42 Å². The Labute approximate surface area is 86.1 Å². The molecule has 0 saturated carbocycles. The van der Waals surface area contributed by atoms with Gasteiger partial charge in [0.1, 0.15) is 6.61 Å². The van der Waals surface area contributed by atoms with Crippen molar-refractivity contribution in [1.82, 2.24) is 0 Å². The minimum Gasteiger partial charge on any atom is -0.463 e. The second-order valence-corrected chi connectivity index (χ2v) is 3.04. The summed E-state index contributed by atoms with van der Waals surface area (Å²) in [5, 5.41) is 0. The van der Waals surface area contributed by atoms with Crippen LogP contribution in [0.3, 0.4) is 0 Å². The van der Waals surface area contributed by atoms with Crippen molar-refractivity contribution in [3.8, 4) is 0 Å². The van der Waals surface area contributed by atoms with Crippen LogP contribution in [0.4, 0.5) is 0 Å². The average molecular weight is 200 g/mol. The molecule has 3 heteroatoms. The van der Waals surface area contributed by atoms with Gasteiger partial charge in [-0.2, -0.15) is 0 Å². The molecule has 0 atom stereocenters. The average Bonchev–Trinajstić information content (AvgIpc) is 2.18. The van der Waals surface area contributed by atoms with Crippen molar-refractivity contribution in [3.05, 3.63) is 12.7 Å². The molecule has 0 spiro atoms. The third-order valence-corrected chi connectivity index (χ3v) is 1.71. The topological polar surface area (TPSA) is 35.5 Å². The molecule has 0 aromatic carbocycles. The van der Waals surface area contributed by atoms with Gasteiger partial charge in [0.05, 0.1) is 13.2 Å². The van der Waals surface area contributed by atoms with Crippen LogP contribution in [0.5, 0.6) is 0 Å². The Morgan fingerprint density at radius 3 is 2.79 bits per heavy atom. The molecule has 0 unspecified atom stereocenters. The van der Waals surface area contributed by atoms with Crippen LogP contribution < -0.4 is 0 Å². The molecule has 3 nitrogen and oxygen atoms in total. The smallest absolute Gasteiger partial charge is 0.305 e. The third-order valence-electron chi connectivity index (χ3n) is 1.71. The van der Waals surface area contributed by atoms with Gasteiger partial charge in [0, 0.05) is 6.42 Å². The van der Waals surface area contributed by atoms with Crippen LogP contribution in [-0.4, -0.2) is 25.8 Å². The maximum Gasteiger partial charge on any atom is 0.305 e. The van der Waals surface area contributed by atoms with Gasteiger partial charge in [-0.3, -0.25) is 4.79 Å². The Morgan fingerprint density at radius 1 is 1.36 bits per heavy atom. The molecule has 0 bridgehead atoms. The van der Waals surface area contributed by atoms with Gasteiger partial charge < -0.3 is 9.47 Å². The molecule has 0 aromatic rings. The highest BCUT2D eigenvalue weighted by atomic mass is 16.6. The van der Waals surface area contributed by atoms with Crippen molar-refractivity contribution in [2.45, 2.75) is 32.6 Å². The highest BCUT2D eigenvalue weighted by molar-refractivity contribution is 5.69. The van der Waals surface area contributed by atoms with E-state index in [9.17, 15) is 4.79 Å². The predicted octanol–water partition coefficient (Wildman–Crippen LogP) is 2.31. The first kappa shape index (κ1) is 13.2. The molecule has 0 aliphatic carbocycles. The first-order valence-corrected chi connectivity index (χ1v) is 5.15. The molecular formula is C11H20O3. The zero-order valence-electron chi connectivity index (χ0n) is 8.96. The van der Waals surface area contributed by atoms with E-state index in [-0.39, 0.29) is 5.97 Å². The maximum atomic E-state index is 11.1. The number of esters is 1. The molecule has 0 fully saturated rings. The lowest BCUT2D eigenvalue weighted by Crippen LogP contribution is -2.10. The summed E-state index contributed by atoms with van der Waals surface area (Å²) in [6.45, 7) is 6.92. The standard InChI is InChI=1S/C11H20O3/c1-3-5-6-7-11(12)14-10-9-13-8-4-2/h4H,2-3,5-10H2,1H3. The SMILES string of the molecule is C=CCOCCOC(=O)CCCCC. The molecule has 14 heavy (non-hydrogen) atoms. The van der Waals surface area contributed by atoms with Crippen LogP contribution in [0.1, 0.15) is 32.6 Å². The fourth-order valence-corrected chi connectivity index (χ4v) is 0.973. The van der Waals surface area contributed by atoms with Crippen molar-refractivity contribution >= 4 is 5.97 Å². The van der Waals surface area contributed by atoms with Gasteiger partial charge in [0.15, 0.2) is 0 Å². The van der Waals surface area contributed by atoms with E-state index < -0.39 is 0 Å². The summed E-state index contributed by atoms with van der Waals surface area (Å²) in [6, 6.07) is 0. The normalized spacial score (nSPS) is 9.79. The second kappa shape index (κ2) is 10.3. The van der Waals surface area contributed by atoms with E-state index in [0.29, 0.717) is 26.2 Å². The molecule has 0 heterocycles. The zero-order valence-corrected chi connectivity index (χ0v) is 8.96. The van der Waals surface area contributed by atoms with E-state index >= 15 is 0 Å². The number of carbonyl (C=O) groups excluding carboxylic acids is 1. The molecule has 0 aliphatic heterocycles. The first-order chi connectivity index (χ1) is 6.81. The second-order valence-electron chi connectivity index (χ2n) is 3.04. The van der Waals surface area contributed by atoms with Gasteiger partial charge in [-0.15, -0.1) is 6.58 Å². The lowest BCUT2D eigenvalue weighted by Gasteiger charge is -2.04. The lowest BCUT2D eigenvalue weighted by atomic mass is 10.2. The summed E-state index contributed by atoms with van der Waals surface area (Å²) in [6.07, 6.45) is 5.32. The van der Waals surface area contributed by atoms with Gasteiger partial charge in [-0.1, -0.05) is 25.8 Å². The summed E-state index contributed by atoms with van der Waals surface area (Å²) in [7, 11) is 0. The fourth-order valence-electron chi connectivity index (χ4n) is 0.973.